The zero-order chi connectivity index (χ0) is 15.8. The van der Waals surface area contributed by atoms with Crippen molar-refractivity contribution in [2.45, 2.75) is 77.3 Å². The van der Waals surface area contributed by atoms with Crippen molar-refractivity contribution in [2.24, 2.45) is 11.8 Å². The third-order valence-corrected chi connectivity index (χ3v) is 10.5. The summed E-state index contributed by atoms with van der Waals surface area (Å²) in [5.41, 5.74) is -0.764. The van der Waals surface area contributed by atoms with Crippen LogP contribution in [0.1, 0.15) is 47.5 Å². The van der Waals surface area contributed by atoms with Crippen molar-refractivity contribution in [3.63, 3.8) is 0 Å². The zero-order valence-electron chi connectivity index (χ0n) is 13.9. The summed E-state index contributed by atoms with van der Waals surface area (Å²) < 4.78 is 12.0. The standard InChI is InChI=1S/C16H28O4Si/c1-6-21(7-2,8-3)20-16(5)10-13-12(9-14(16)17)11(4)15(18)19-13/h11-13H,6-10H2,1-5H3/t11-,12-,13-,16-/m1/s1. The molecule has 0 spiro atoms. The van der Waals surface area contributed by atoms with E-state index in [-0.39, 0.29) is 29.7 Å². The first kappa shape index (κ1) is 16.7. The average Bonchev–Trinajstić information content (AvgIpc) is 2.72. The van der Waals surface area contributed by atoms with Crippen molar-refractivity contribution in [1.82, 2.24) is 0 Å². The summed E-state index contributed by atoms with van der Waals surface area (Å²) in [6, 6.07) is 3.06. The van der Waals surface area contributed by atoms with Crippen LogP contribution in [0, 0.1) is 11.8 Å². The van der Waals surface area contributed by atoms with Gasteiger partial charge in [0.2, 0.25) is 0 Å². The van der Waals surface area contributed by atoms with Crippen molar-refractivity contribution < 1.29 is 18.8 Å². The van der Waals surface area contributed by atoms with Gasteiger partial charge in [0.05, 0.1) is 5.92 Å². The summed E-state index contributed by atoms with van der Waals surface area (Å²) in [7, 11) is -1.86. The van der Waals surface area contributed by atoms with Gasteiger partial charge in [0.15, 0.2) is 14.1 Å². The SMILES string of the molecule is CC[Si](CC)(CC)O[C@]1(C)C[C@H]2OC(=O)[C@H](C)[C@H]2CC1=O. The predicted octanol–water partition coefficient (Wildman–Crippen LogP) is 3.31. The van der Waals surface area contributed by atoms with Gasteiger partial charge in [-0.15, -0.1) is 0 Å². The smallest absolute Gasteiger partial charge is 0.309 e. The maximum atomic E-state index is 12.7. The van der Waals surface area contributed by atoms with E-state index in [1.54, 1.807) is 0 Å². The van der Waals surface area contributed by atoms with Crippen LogP contribution in [-0.4, -0.2) is 31.8 Å². The second-order valence-electron chi connectivity index (χ2n) is 6.84. The van der Waals surface area contributed by atoms with Gasteiger partial charge in [0, 0.05) is 18.8 Å². The van der Waals surface area contributed by atoms with Gasteiger partial charge in [-0.05, 0) is 25.1 Å². The average molecular weight is 312 g/mol. The summed E-state index contributed by atoms with van der Waals surface area (Å²) >= 11 is 0. The van der Waals surface area contributed by atoms with Crippen LogP contribution in [0.15, 0.2) is 0 Å². The first-order chi connectivity index (χ1) is 9.80. The van der Waals surface area contributed by atoms with Gasteiger partial charge in [-0.3, -0.25) is 9.59 Å². The molecule has 0 N–H and O–H groups in total. The lowest BCUT2D eigenvalue weighted by Gasteiger charge is -2.44. The van der Waals surface area contributed by atoms with Crippen LogP contribution >= 0.6 is 0 Å². The number of rotatable bonds is 5. The van der Waals surface area contributed by atoms with Gasteiger partial charge in [-0.1, -0.05) is 27.7 Å². The molecule has 0 amide bonds. The Balaban J connectivity index is 2.20. The van der Waals surface area contributed by atoms with Gasteiger partial charge in [0.25, 0.3) is 0 Å². The van der Waals surface area contributed by atoms with Crippen LogP contribution in [0.2, 0.25) is 18.1 Å². The van der Waals surface area contributed by atoms with Gasteiger partial charge in [-0.2, -0.15) is 0 Å². The molecule has 4 atom stereocenters. The van der Waals surface area contributed by atoms with Crippen LogP contribution in [0.3, 0.4) is 0 Å². The summed E-state index contributed by atoms with van der Waals surface area (Å²) in [6.07, 6.45) is 0.796. The molecule has 1 aliphatic carbocycles. The Bertz CT molecular complexity index is 424. The van der Waals surface area contributed by atoms with Crippen LogP contribution in [-0.2, 0) is 18.8 Å². The second-order valence-corrected chi connectivity index (χ2v) is 11.5. The van der Waals surface area contributed by atoms with Crippen LogP contribution < -0.4 is 0 Å². The van der Waals surface area contributed by atoms with E-state index in [0.717, 1.165) is 18.1 Å². The molecule has 0 aromatic heterocycles. The van der Waals surface area contributed by atoms with Crippen LogP contribution in [0.25, 0.3) is 0 Å². The maximum Gasteiger partial charge on any atom is 0.309 e. The molecule has 0 aromatic carbocycles. The molecule has 1 saturated heterocycles. The molecule has 2 fully saturated rings. The minimum absolute atomic E-state index is 0.0441. The third-order valence-electron chi connectivity index (χ3n) is 5.74. The highest BCUT2D eigenvalue weighted by Gasteiger charge is 2.54. The molecule has 0 aromatic rings. The largest absolute Gasteiger partial charge is 0.462 e. The van der Waals surface area contributed by atoms with E-state index in [1.165, 1.54) is 0 Å². The number of carbonyl (C=O) groups excluding carboxylic acids is 2. The molecule has 21 heavy (non-hydrogen) atoms. The van der Waals surface area contributed by atoms with E-state index in [4.69, 9.17) is 9.16 Å². The van der Waals surface area contributed by atoms with E-state index >= 15 is 0 Å². The highest BCUT2D eigenvalue weighted by Crippen LogP contribution is 2.44. The van der Waals surface area contributed by atoms with Gasteiger partial charge >= 0.3 is 5.97 Å². The number of hydrogen-bond donors (Lipinski definition) is 0. The molecule has 0 radical (unpaired) electrons. The molecule has 0 bridgehead atoms. The molecule has 1 saturated carbocycles. The molecular formula is C16H28O4Si. The fraction of sp³-hybridized carbons (Fsp3) is 0.875. The summed E-state index contributed by atoms with van der Waals surface area (Å²) in [5, 5.41) is 0. The molecule has 0 unspecified atom stereocenters. The normalized spacial score (nSPS) is 36.5. The zero-order valence-corrected chi connectivity index (χ0v) is 14.9. The molecule has 120 valence electrons. The van der Waals surface area contributed by atoms with E-state index < -0.39 is 13.9 Å². The Morgan fingerprint density at radius 3 is 2.33 bits per heavy atom. The Morgan fingerprint density at radius 2 is 1.81 bits per heavy atom. The topological polar surface area (TPSA) is 52.6 Å². The second kappa shape index (κ2) is 5.84. The number of carbonyl (C=O) groups is 2. The highest BCUT2D eigenvalue weighted by atomic mass is 28.4. The Hall–Kier alpha value is -0.683. The monoisotopic (exact) mass is 312 g/mol. The summed E-state index contributed by atoms with van der Waals surface area (Å²) in [6.45, 7) is 10.3. The molecule has 1 heterocycles. The number of ketones is 1. The Labute approximate surface area is 128 Å². The fourth-order valence-corrected chi connectivity index (χ4v) is 6.90. The summed E-state index contributed by atoms with van der Waals surface area (Å²) in [5.74, 6) is -0.121. The lowest BCUT2D eigenvalue weighted by atomic mass is 9.74. The van der Waals surface area contributed by atoms with Crippen molar-refractivity contribution in [1.29, 1.82) is 0 Å². The van der Waals surface area contributed by atoms with Crippen LogP contribution in [0.5, 0.6) is 0 Å². The Kier molecular flexibility index (Phi) is 4.64. The lowest BCUT2D eigenvalue weighted by molar-refractivity contribution is -0.151. The minimum atomic E-state index is -1.86. The first-order valence-corrected chi connectivity index (χ1v) is 10.8. The van der Waals surface area contributed by atoms with Gasteiger partial charge in [0.1, 0.15) is 11.7 Å². The highest BCUT2D eigenvalue weighted by molar-refractivity contribution is 6.73. The molecular weight excluding hydrogens is 284 g/mol. The van der Waals surface area contributed by atoms with Crippen molar-refractivity contribution in [3.05, 3.63) is 0 Å². The molecule has 2 aliphatic rings. The third kappa shape index (κ3) is 2.82. The maximum absolute atomic E-state index is 12.7. The van der Waals surface area contributed by atoms with E-state index in [0.29, 0.717) is 12.8 Å². The quantitative estimate of drug-likeness (QED) is 0.577. The lowest BCUT2D eigenvalue weighted by Crippen LogP contribution is -2.55. The van der Waals surface area contributed by atoms with Gasteiger partial charge < -0.3 is 9.16 Å². The van der Waals surface area contributed by atoms with Gasteiger partial charge in [-0.25, -0.2) is 0 Å². The van der Waals surface area contributed by atoms with E-state index in [1.807, 2.05) is 13.8 Å². The van der Waals surface area contributed by atoms with Crippen molar-refractivity contribution >= 4 is 20.1 Å². The first-order valence-electron chi connectivity index (χ1n) is 8.24. The predicted molar refractivity (Wildman–Crippen MR) is 83.5 cm³/mol. The number of fused-ring (bicyclic) bond motifs is 1. The molecule has 1 aliphatic heterocycles. The van der Waals surface area contributed by atoms with Crippen molar-refractivity contribution in [2.75, 3.05) is 0 Å². The van der Waals surface area contributed by atoms with E-state index in [9.17, 15) is 9.59 Å². The number of esters is 1. The van der Waals surface area contributed by atoms with Crippen LogP contribution in [0.4, 0.5) is 0 Å². The van der Waals surface area contributed by atoms with E-state index in [2.05, 4.69) is 20.8 Å². The van der Waals surface area contributed by atoms with Crippen molar-refractivity contribution in [3.8, 4) is 0 Å². The Morgan fingerprint density at radius 1 is 1.24 bits per heavy atom. The number of ether oxygens (including phenoxy) is 1. The number of Topliss-reactive ketones (excluding diaryl/α,β-unsaturated/α-hetero) is 1. The fourth-order valence-electron chi connectivity index (χ4n) is 3.81. The minimum Gasteiger partial charge on any atom is -0.462 e. The molecule has 2 rings (SSSR count). The number of hydrogen-bond acceptors (Lipinski definition) is 4. The molecule has 5 heteroatoms. The molecule has 4 nitrogen and oxygen atoms in total. The summed E-state index contributed by atoms with van der Waals surface area (Å²) in [4.78, 5) is 24.4.